The molecule has 9 nitrogen and oxygen atoms in total. The number of hydrogen-bond acceptors (Lipinski definition) is 8. The Kier molecular flexibility index (Phi) is 6.12. The number of cyclic esters (lactones) is 1. The number of non-ortho nitro benzene ring substituents is 1. The Morgan fingerprint density at radius 3 is 2.60 bits per heavy atom. The number of hydrogen-bond donors (Lipinski definition) is 0. The van der Waals surface area contributed by atoms with Crippen molar-refractivity contribution in [2.45, 2.75) is 13.3 Å². The predicted molar refractivity (Wildman–Crippen MR) is 108 cm³/mol. The van der Waals surface area contributed by atoms with Crippen LogP contribution in [0.15, 0.2) is 47.1 Å². The fourth-order valence-corrected chi connectivity index (χ4v) is 2.78. The molecule has 0 amide bonds. The van der Waals surface area contributed by atoms with Crippen LogP contribution in [0.5, 0.6) is 11.5 Å². The molecule has 0 fully saturated rings. The van der Waals surface area contributed by atoms with Crippen molar-refractivity contribution in [2.75, 3.05) is 7.11 Å². The minimum Gasteiger partial charge on any atom is -0.493 e. The van der Waals surface area contributed by atoms with Gasteiger partial charge in [-0.1, -0.05) is 18.5 Å². The molecule has 10 heteroatoms. The normalized spacial score (nSPS) is 14.3. The number of ether oxygens (including phenoxy) is 3. The zero-order chi connectivity index (χ0) is 21.8. The van der Waals surface area contributed by atoms with Gasteiger partial charge in [-0.2, -0.15) is 0 Å². The Bertz CT molecular complexity index is 1090. The molecule has 0 radical (unpaired) electrons. The van der Waals surface area contributed by atoms with E-state index in [-0.39, 0.29) is 40.2 Å². The smallest absolute Gasteiger partial charge is 0.363 e. The number of benzene rings is 2. The number of rotatable bonds is 6. The lowest BCUT2D eigenvalue weighted by Gasteiger charge is -2.11. The first-order chi connectivity index (χ1) is 14.3. The number of aliphatic imine (C=N–C) groups is 1. The van der Waals surface area contributed by atoms with E-state index in [0.717, 1.165) is 0 Å². The van der Waals surface area contributed by atoms with Gasteiger partial charge in [-0.3, -0.25) is 14.9 Å². The van der Waals surface area contributed by atoms with Crippen LogP contribution in [0.3, 0.4) is 0 Å². The molecule has 3 rings (SSSR count). The molecule has 2 aromatic carbocycles. The van der Waals surface area contributed by atoms with Crippen LogP contribution in [0.25, 0.3) is 6.08 Å². The van der Waals surface area contributed by atoms with E-state index in [1.54, 1.807) is 6.92 Å². The summed E-state index contributed by atoms with van der Waals surface area (Å²) in [6, 6.07) is 8.46. The number of nitro groups is 1. The second-order valence-electron chi connectivity index (χ2n) is 6.00. The highest BCUT2D eigenvalue weighted by Crippen LogP contribution is 2.37. The highest BCUT2D eigenvalue weighted by Gasteiger charge is 2.25. The molecule has 0 spiro atoms. The summed E-state index contributed by atoms with van der Waals surface area (Å²) in [5.41, 5.74) is 0.786. The van der Waals surface area contributed by atoms with Crippen molar-refractivity contribution >= 4 is 41.2 Å². The van der Waals surface area contributed by atoms with Crippen molar-refractivity contribution in [1.82, 2.24) is 0 Å². The molecular weight excluding hydrogens is 416 g/mol. The number of halogens is 1. The van der Waals surface area contributed by atoms with Crippen LogP contribution in [0, 0.1) is 10.1 Å². The molecule has 1 heterocycles. The molecule has 1 aliphatic heterocycles. The third kappa shape index (κ3) is 4.47. The minimum atomic E-state index is -0.695. The summed E-state index contributed by atoms with van der Waals surface area (Å²) >= 11 is 6.21. The van der Waals surface area contributed by atoms with Gasteiger partial charge in [0.2, 0.25) is 5.90 Å². The van der Waals surface area contributed by atoms with Crippen molar-refractivity contribution in [3.63, 3.8) is 0 Å². The third-order valence-corrected chi connectivity index (χ3v) is 4.29. The van der Waals surface area contributed by atoms with E-state index in [9.17, 15) is 19.7 Å². The monoisotopic (exact) mass is 430 g/mol. The first kappa shape index (κ1) is 21.0. The fraction of sp³-hybridized carbons (Fsp3) is 0.150. The Balaban J connectivity index is 1.92. The van der Waals surface area contributed by atoms with Crippen molar-refractivity contribution in [3.05, 3.63) is 68.4 Å². The van der Waals surface area contributed by atoms with Crippen LogP contribution in [-0.4, -0.2) is 29.9 Å². The zero-order valence-electron chi connectivity index (χ0n) is 15.9. The topological polar surface area (TPSA) is 117 Å². The molecule has 0 N–H and O–H groups in total. The molecule has 1 aliphatic rings. The van der Waals surface area contributed by atoms with Gasteiger partial charge in [-0.15, -0.1) is 0 Å². The molecule has 0 unspecified atom stereocenters. The number of nitrogens with zero attached hydrogens (tertiary/aromatic N) is 2. The molecule has 30 heavy (non-hydrogen) atoms. The lowest BCUT2D eigenvalue weighted by molar-refractivity contribution is -0.384. The van der Waals surface area contributed by atoms with Crippen molar-refractivity contribution in [2.24, 2.45) is 4.99 Å². The summed E-state index contributed by atoms with van der Waals surface area (Å²) in [4.78, 5) is 38.1. The Hall–Kier alpha value is -3.72. The standard InChI is InChI=1S/C20H15ClN2O7/c1-3-17(24)29-18-14(21)8-11(10-16(18)28-2)9-15-20(25)30-19(22-15)12-4-6-13(7-5-12)23(26)27/h4-10H,3H2,1-2H3/b15-9-. The van der Waals surface area contributed by atoms with Gasteiger partial charge in [-0.05, 0) is 35.9 Å². The van der Waals surface area contributed by atoms with Gasteiger partial charge in [-0.25, -0.2) is 9.79 Å². The van der Waals surface area contributed by atoms with Gasteiger partial charge in [0.25, 0.3) is 5.69 Å². The van der Waals surface area contributed by atoms with Crippen LogP contribution in [-0.2, 0) is 14.3 Å². The molecule has 0 atom stereocenters. The molecule has 0 saturated heterocycles. The maximum Gasteiger partial charge on any atom is 0.363 e. The summed E-state index contributed by atoms with van der Waals surface area (Å²) in [7, 11) is 1.39. The first-order valence-corrected chi connectivity index (χ1v) is 9.05. The zero-order valence-corrected chi connectivity index (χ0v) is 16.6. The second-order valence-corrected chi connectivity index (χ2v) is 6.41. The van der Waals surface area contributed by atoms with Gasteiger partial charge in [0.15, 0.2) is 17.2 Å². The van der Waals surface area contributed by atoms with Crippen LogP contribution in [0.2, 0.25) is 5.02 Å². The Morgan fingerprint density at radius 1 is 1.30 bits per heavy atom. The summed E-state index contributed by atoms with van der Waals surface area (Å²) in [5.74, 6) is -0.857. The highest BCUT2D eigenvalue weighted by atomic mass is 35.5. The average Bonchev–Trinajstić information content (AvgIpc) is 3.09. The number of esters is 2. The number of methoxy groups -OCH3 is 1. The fourth-order valence-electron chi connectivity index (χ4n) is 2.52. The van der Waals surface area contributed by atoms with Gasteiger partial charge in [0, 0.05) is 24.1 Å². The lowest BCUT2D eigenvalue weighted by atomic mass is 10.1. The van der Waals surface area contributed by atoms with Crippen molar-refractivity contribution < 1.29 is 28.7 Å². The summed E-state index contributed by atoms with van der Waals surface area (Å²) in [6.45, 7) is 1.65. The van der Waals surface area contributed by atoms with Crippen LogP contribution >= 0.6 is 11.6 Å². The van der Waals surface area contributed by atoms with Gasteiger partial charge in [0.1, 0.15) is 0 Å². The van der Waals surface area contributed by atoms with Crippen molar-refractivity contribution in [3.8, 4) is 11.5 Å². The number of carbonyl (C=O) groups excluding carboxylic acids is 2. The molecule has 0 saturated carbocycles. The summed E-state index contributed by atoms with van der Waals surface area (Å²) in [6.07, 6.45) is 1.60. The lowest BCUT2D eigenvalue weighted by Crippen LogP contribution is -2.07. The van der Waals surface area contributed by atoms with Crippen LogP contribution in [0.1, 0.15) is 24.5 Å². The van der Waals surface area contributed by atoms with E-state index in [1.807, 2.05) is 0 Å². The van der Waals surface area contributed by atoms with E-state index in [4.69, 9.17) is 25.8 Å². The van der Waals surface area contributed by atoms with E-state index in [2.05, 4.69) is 4.99 Å². The van der Waals surface area contributed by atoms with Crippen LogP contribution < -0.4 is 9.47 Å². The minimum absolute atomic E-state index is 0.000208. The average molecular weight is 431 g/mol. The number of carbonyl (C=O) groups is 2. The maximum atomic E-state index is 12.2. The van der Waals surface area contributed by atoms with Crippen molar-refractivity contribution in [1.29, 1.82) is 0 Å². The molecular formula is C20H15ClN2O7. The predicted octanol–water partition coefficient (Wildman–Crippen LogP) is 3.92. The van der Waals surface area contributed by atoms with E-state index in [0.29, 0.717) is 11.1 Å². The maximum absolute atomic E-state index is 12.2. The largest absolute Gasteiger partial charge is 0.493 e. The molecule has 0 aromatic heterocycles. The molecule has 2 aromatic rings. The first-order valence-electron chi connectivity index (χ1n) is 8.68. The van der Waals surface area contributed by atoms with Gasteiger partial charge >= 0.3 is 11.9 Å². The second kappa shape index (κ2) is 8.75. The summed E-state index contributed by atoms with van der Waals surface area (Å²) in [5, 5.41) is 10.9. The van der Waals surface area contributed by atoms with Gasteiger partial charge in [0.05, 0.1) is 17.1 Å². The SMILES string of the molecule is CCC(=O)Oc1c(Cl)cc(/C=C2\N=C(c3ccc([N+](=O)[O-])cc3)OC2=O)cc1OC. The van der Waals surface area contributed by atoms with E-state index >= 15 is 0 Å². The van der Waals surface area contributed by atoms with E-state index < -0.39 is 16.9 Å². The summed E-state index contributed by atoms with van der Waals surface area (Å²) < 4.78 is 15.6. The van der Waals surface area contributed by atoms with Crippen LogP contribution in [0.4, 0.5) is 5.69 Å². The highest BCUT2D eigenvalue weighted by molar-refractivity contribution is 6.32. The molecule has 154 valence electrons. The Labute approximate surface area is 175 Å². The number of nitro benzene ring substituents is 1. The molecule has 0 aliphatic carbocycles. The van der Waals surface area contributed by atoms with Gasteiger partial charge < -0.3 is 14.2 Å². The third-order valence-electron chi connectivity index (χ3n) is 4.01. The Morgan fingerprint density at radius 2 is 2.00 bits per heavy atom. The molecule has 0 bridgehead atoms. The quantitative estimate of drug-likeness (QED) is 0.224. The van der Waals surface area contributed by atoms with E-state index in [1.165, 1.54) is 49.6 Å².